The smallest absolute Gasteiger partial charge is 0.317 e. The van der Waals surface area contributed by atoms with E-state index in [1.54, 1.807) is 12.1 Å². The van der Waals surface area contributed by atoms with Crippen molar-refractivity contribution >= 4 is 17.6 Å². The fourth-order valence-corrected chi connectivity index (χ4v) is 3.54. The summed E-state index contributed by atoms with van der Waals surface area (Å²) < 4.78 is 5.59. The maximum Gasteiger partial charge on any atom is 0.317 e. The molecule has 0 radical (unpaired) electrons. The third-order valence-corrected chi connectivity index (χ3v) is 4.94. The Kier molecular flexibility index (Phi) is 5.81. The molecule has 2 N–H and O–H groups in total. The molecule has 2 aliphatic heterocycles. The molecule has 3 rings (SSSR count). The highest BCUT2D eigenvalue weighted by atomic mass is 35.5. The Morgan fingerprint density at radius 1 is 1.29 bits per heavy atom. The van der Waals surface area contributed by atoms with Crippen molar-refractivity contribution in [3.8, 4) is 5.75 Å². The van der Waals surface area contributed by atoms with Gasteiger partial charge in [-0.2, -0.15) is 0 Å². The number of rotatable bonds is 6. The monoisotopic (exact) mass is 353 g/mol. The van der Waals surface area contributed by atoms with Crippen molar-refractivity contribution < 1.29 is 14.6 Å². The van der Waals surface area contributed by atoms with Crippen LogP contribution in [0, 0.1) is 0 Å². The number of nitrogens with zero attached hydrogens (tertiary/aromatic N) is 2. The summed E-state index contributed by atoms with van der Waals surface area (Å²) in [7, 11) is 0. The molecule has 2 heterocycles. The molecule has 0 saturated carbocycles. The minimum absolute atomic E-state index is 0.0571. The van der Waals surface area contributed by atoms with Gasteiger partial charge in [0.2, 0.25) is 0 Å². The molecule has 0 bridgehead atoms. The third kappa shape index (κ3) is 4.32. The molecular formula is C17H24ClN3O3. The zero-order chi connectivity index (χ0) is 16.9. The third-order valence-electron chi connectivity index (χ3n) is 4.62. The zero-order valence-corrected chi connectivity index (χ0v) is 14.4. The summed E-state index contributed by atoms with van der Waals surface area (Å²) in [5.41, 5.74) is 0. The van der Waals surface area contributed by atoms with Crippen LogP contribution in [-0.2, 0) is 0 Å². The first-order valence-corrected chi connectivity index (χ1v) is 8.83. The molecule has 0 spiro atoms. The maximum atomic E-state index is 11.7. The van der Waals surface area contributed by atoms with Crippen molar-refractivity contribution in [3.63, 3.8) is 0 Å². The highest BCUT2D eigenvalue weighted by Crippen LogP contribution is 2.23. The number of hydrogen-bond acceptors (Lipinski definition) is 4. The van der Waals surface area contributed by atoms with Gasteiger partial charge in [-0.25, -0.2) is 4.79 Å². The molecule has 1 atom stereocenters. The van der Waals surface area contributed by atoms with Gasteiger partial charge < -0.3 is 25.0 Å². The summed E-state index contributed by atoms with van der Waals surface area (Å²) in [6.07, 6.45) is 1.34. The number of urea groups is 1. The first-order valence-electron chi connectivity index (χ1n) is 8.45. The summed E-state index contributed by atoms with van der Waals surface area (Å²) in [5, 5.41) is 13.6. The minimum atomic E-state index is -0.562. The van der Waals surface area contributed by atoms with E-state index in [2.05, 4.69) is 10.2 Å². The van der Waals surface area contributed by atoms with Crippen LogP contribution in [0.15, 0.2) is 24.3 Å². The first-order chi connectivity index (χ1) is 11.6. The van der Waals surface area contributed by atoms with E-state index in [4.69, 9.17) is 16.3 Å². The number of benzene rings is 1. The van der Waals surface area contributed by atoms with Gasteiger partial charge in [0.15, 0.2) is 0 Å². The number of hydrogen-bond donors (Lipinski definition) is 2. The average molecular weight is 354 g/mol. The molecule has 2 fully saturated rings. The molecule has 132 valence electrons. The van der Waals surface area contributed by atoms with Crippen LogP contribution in [0.25, 0.3) is 0 Å². The molecular weight excluding hydrogens is 330 g/mol. The summed E-state index contributed by atoms with van der Waals surface area (Å²) in [5.74, 6) is 0.594. The Bertz CT molecular complexity index is 564. The molecule has 0 aromatic heterocycles. The first kappa shape index (κ1) is 17.3. The number of para-hydroxylation sites is 1. The lowest BCUT2D eigenvalue weighted by atomic mass is 10.0. The number of piperidine rings is 1. The summed E-state index contributed by atoms with van der Waals surface area (Å²) in [6, 6.07) is 7.63. The standard InChI is InChI=1S/C17H24ClN3O3/c18-15-3-1-2-4-16(15)24-12-14(22)11-20-8-5-13(6-9-20)21-10-7-19-17(21)23/h1-4,13-14,22H,5-12H2,(H,19,23). The van der Waals surface area contributed by atoms with E-state index in [0.29, 0.717) is 23.4 Å². The SMILES string of the molecule is O=C1NCCN1C1CCN(CC(O)COc2ccccc2Cl)CC1. The topological polar surface area (TPSA) is 65.0 Å². The molecule has 2 saturated heterocycles. The zero-order valence-electron chi connectivity index (χ0n) is 13.7. The highest BCUT2D eigenvalue weighted by Gasteiger charge is 2.31. The van der Waals surface area contributed by atoms with Crippen molar-refractivity contribution in [1.82, 2.24) is 15.1 Å². The number of aliphatic hydroxyl groups is 1. The lowest BCUT2D eigenvalue weighted by Gasteiger charge is -2.36. The Labute approximate surface area is 147 Å². The molecule has 24 heavy (non-hydrogen) atoms. The lowest BCUT2D eigenvalue weighted by molar-refractivity contribution is 0.0509. The summed E-state index contributed by atoms with van der Waals surface area (Å²) >= 11 is 6.04. The molecule has 1 aromatic rings. The second-order valence-corrected chi connectivity index (χ2v) is 6.76. The number of aliphatic hydroxyl groups excluding tert-OH is 1. The van der Waals surface area contributed by atoms with Crippen molar-refractivity contribution in [1.29, 1.82) is 0 Å². The van der Waals surface area contributed by atoms with E-state index in [1.165, 1.54) is 0 Å². The summed E-state index contributed by atoms with van der Waals surface area (Å²) in [4.78, 5) is 15.9. The van der Waals surface area contributed by atoms with Gasteiger partial charge in [-0.3, -0.25) is 0 Å². The van der Waals surface area contributed by atoms with Gasteiger partial charge in [-0.05, 0) is 25.0 Å². The molecule has 6 nitrogen and oxygen atoms in total. The maximum absolute atomic E-state index is 11.7. The fourth-order valence-electron chi connectivity index (χ4n) is 3.35. The van der Waals surface area contributed by atoms with Crippen molar-refractivity contribution in [2.45, 2.75) is 25.0 Å². The summed E-state index contributed by atoms with van der Waals surface area (Å²) in [6.45, 7) is 4.12. The van der Waals surface area contributed by atoms with Gasteiger partial charge in [0.05, 0.1) is 5.02 Å². The number of carbonyl (C=O) groups is 1. The predicted octanol–water partition coefficient (Wildman–Crippen LogP) is 1.57. The number of β-amino-alcohol motifs (C(OH)–C–C–N with tert-alkyl or cyclic N) is 1. The Morgan fingerprint density at radius 3 is 2.71 bits per heavy atom. The average Bonchev–Trinajstić information content (AvgIpc) is 3.01. The van der Waals surface area contributed by atoms with Gasteiger partial charge in [0.25, 0.3) is 0 Å². The van der Waals surface area contributed by atoms with E-state index < -0.39 is 6.10 Å². The Morgan fingerprint density at radius 2 is 2.04 bits per heavy atom. The minimum Gasteiger partial charge on any atom is -0.489 e. The molecule has 1 unspecified atom stereocenters. The van der Waals surface area contributed by atoms with Gasteiger partial charge in [0, 0.05) is 38.8 Å². The van der Waals surface area contributed by atoms with Crippen LogP contribution in [0.4, 0.5) is 4.79 Å². The Hall–Kier alpha value is -1.50. The number of nitrogens with one attached hydrogen (secondary N) is 1. The van der Waals surface area contributed by atoms with E-state index in [0.717, 1.165) is 39.0 Å². The van der Waals surface area contributed by atoms with Crippen LogP contribution < -0.4 is 10.1 Å². The molecule has 0 aliphatic carbocycles. The van der Waals surface area contributed by atoms with Gasteiger partial charge in [-0.15, -0.1) is 0 Å². The van der Waals surface area contributed by atoms with Gasteiger partial charge in [0.1, 0.15) is 18.5 Å². The normalized spacial score (nSPS) is 20.9. The molecule has 7 heteroatoms. The molecule has 2 amide bonds. The Balaban J connectivity index is 1.39. The number of ether oxygens (including phenoxy) is 1. The van der Waals surface area contributed by atoms with E-state index in [9.17, 15) is 9.90 Å². The predicted molar refractivity (Wildman–Crippen MR) is 92.5 cm³/mol. The van der Waals surface area contributed by atoms with Crippen LogP contribution >= 0.6 is 11.6 Å². The largest absolute Gasteiger partial charge is 0.489 e. The van der Waals surface area contributed by atoms with E-state index in [1.807, 2.05) is 17.0 Å². The quantitative estimate of drug-likeness (QED) is 0.814. The molecule has 1 aromatic carbocycles. The van der Waals surface area contributed by atoms with Crippen LogP contribution in [-0.4, -0.2) is 72.4 Å². The molecule has 2 aliphatic rings. The number of halogens is 1. The van der Waals surface area contributed by atoms with Crippen LogP contribution in [0.2, 0.25) is 5.02 Å². The van der Waals surface area contributed by atoms with Crippen molar-refractivity contribution in [2.75, 3.05) is 39.3 Å². The van der Waals surface area contributed by atoms with E-state index in [-0.39, 0.29) is 12.6 Å². The highest BCUT2D eigenvalue weighted by molar-refractivity contribution is 6.32. The number of likely N-dealkylation sites (tertiary alicyclic amines) is 1. The van der Waals surface area contributed by atoms with Gasteiger partial charge in [-0.1, -0.05) is 23.7 Å². The number of carbonyl (C=O) groups excluding carboxylic acids is 1. The number of amides is 2. The van der Waals surface area contributed by atoms with Crippen molar-refractivity contribution in [3.05, 3.63) is 29.3 Å². The second-order valence-electron chi connectivity index (χ2n) is 6.35. The van der Waals surface area contributed by atoms with Crippen molar-refractivity contribution in [2.24, 2.45) is 0 Å². The van der Waals surface area contributed by atoms with Crippen LogP contribution in [0.1, 0.15) is 12.8 Å². The van der Waals surface area contributed by atoms with E-state index >= 15 is 0 Å². The van der Waals surface area contributed by atoms with Crippen LogP contribution in [0.3, 0.4) is 0 Å². The lowest BCUT2D eigenvalue weighted by Crippen LogP contribution is -2.48. The fraction of sp³-hybridized carbons (Fsp3) is 0.588. The van der Waals surface area contributed by atoms with Crippen LogP contribution in [0.5, 0.6) is 5.75 Å². The van der Waals surface area contributed by atoms with Gasteiger partial charge >= 0.3 is 6.03 Å². The second kappa shape index (κ2) is 8.05.